The first kappa shape index (κ1) is 16.1. The van der Waals surface area contributed by atoms with Gasteiger partial charge in [-0.2, -0.15) is 11.8 Å². The van der Waals surface area contributed by atoms with Crippen molar-refractivity contribution in [3.8, 4) is 0 Å². The fraction of sp³-hybridized carbons (Fsp3) is 0.562. The third-order valence-corrected chi connectivity index (χ3v) is 5.58. The lowest BCUT2D eigenvalue weighted by Gasteiger charge is -2.24. The van der Waals surface area contributed by atoms with Gasteiger partial charge in [0.25, 0.3) is 0 Å². The molecular formula is C16H24N6S. The van der Waals surface area contributed by atoms with Gasteiger partial charge in [0.2, 0.25) is 0 Å². The predicted molar refractivity (Wildman–Crippen MR) is 95.9 cm³/mol. The Morgan fingerprint density at radius 1 is 1.39 bits per heavy atom. The highest BCUT2D eigenvalue weighted by Gasteiger charge is 2.29. The summed E-state index contributed by atoms with van der Waals surface area (Å²) in [5.41, 5.74) is 0.852. The van der Waals surface area contributed by atoms with Gasteiger partial charge in [0.15, 0.2) is 17.4 Å². The molecular weight excluding hydrogens is 308 g/mol. The highest BCUT2D eigenvalue weighted by atomic mass is 32.2. The van der Waals surface area contributed by atoms with Gasteiger partial charge < -0.3 is 10.6 Å². The quantitative estimate of drug-likeness (QED) is 0.648. The topological polar surface area (TPSA) is 66.6 Å². The number of hydrogen-bond acceptors (Lipinski definition) is 4. The second-order valence-corrected chi connectivity index (χ2v) is 7.68. The first-order valence-corrected chi connectivity index (χ1v) is 9.13. The molecule has 1 atom stereocenters. The molecule has 3 rings (SSSR count). The van der Waals surface area contributed by atoms with E-state index < -0.39 is 0 Å². The van der Waals surface area contributed by atoms with Crippen molar-refractivity contribution in [1.29, 1.82) is 0 Å². The summed E-state index contributed by atoms with van der Waals surface area (Å²) in [6.07, 6.45) is 4.54. The van der Waals surface area contributed by atoms with Crippen LogP contribution in [0.15, 0.2) is 29.4 Å². The standard InChI is InChI=1S/C16H24N6S/c1-3-17-15(19-12-16(2)8-6-10-23-16)18-11-14-21-20-13-7-4-5-9-22(13)14/h4-5,7,9H,3,6,8,10-12H2,1-2H3,(H2,17,18,19). The number of fused-ring (bicyclic) bond motifs is 1. The number of aromatic nitrogens is 3. The van der Waals surface area contributed by atoms with E-state index in [4.69, 9.17) is 0 Å². The molecule has 0 spiro atoms. The van der Waals surface area contributed by atoms with E-state index in [2.05, 4.69) is 51.4 Å². The first-order chi connectivity index (χ1) is 11.2. The van der Waals surface area contributed by atoms with Gasteiger partial charge in [0.1, 0.15) is 6.54 Å². The zero-order valence-electron chi connectivity index (χ0n) is 13.7. The SMILES string of the molecule is CCNC(=NCc1nnc2ccccn12)NCC1(C)CCCS1. The van der Waals surface area contributed by atoms with Crippen LogP contribution in [0, 0.1) is 0 Å². The smallest absolute Gasteiger partial charge is 0.191 e. The van der Waals surface area contributed by atoms with Crippen LogP contribution < -0.4 is 10.6 Å². The molecule has 0 aliphatic carbocycles. The molecule has 2 aromatic rings. The maximum absolute atomic E-state index is 4.66. The van der Waals surface area contributed by atoms with E-state index in [-0.39, 0.29) is 0 Å². The van der Waals surface area contributed by atoms with Crippen LogP contribution >= 0.6 is 11.8 Å². The average Bonchev–Trinajstić information content (AvgIpc) is 3.17. The van der Waals surface area contributed by atoms with Gasteiger partial charge in [-0.15, -0.1) is 10.2 Å². The molecule has 0 bridgehead atoms. The molecule has 1 aliphatic heterocycles. The van der Waals surface area contributed by atoms with E-state index in [1.165, 1.54) is 18.6 Å². The second-order valence-electron chi connectivity index (χ2n) is 6.00. The maximum Gasteiger partial charge on any atom is 0.191 e. The van der Waals surface area contributed by atoms with E-state index in [1.807, 2.05) is 28.8 Å². The van der Waals surface area contributed by atoms with Crippen LogP contribution in [0.25, 0.3) is 5.65 Å². The Hall–Kier alpha value is -1.76. The molecule has 3 heterocycles. The number of pyridine rings is 1. The van der Waals surface area contributed by atoms with Crippen LogP contribution in [0.2, 0.25) is 0 Å². The fourth-order valence-electron chi connectivity index (χ4n) is 2.74. The summed E-state index contributed by atoms with van der Waals surface area (Å²) in [6.45, 7) is 6.69. The number of nitrogens with one attached hydrogen (secondary N) is 2. The molecule has 0 radical (unpaired) electrons. The Kier molecular flexibility index (Phi) is 5.05. The fourth-order valence-corrected chi connectivity index (χ4v) is 3.98. The number of nitrogens with zero attached hydrogens (tertiary/aromatic N) is 4. The summed E-state index contributed by atoms with van der Waals surface area (Å²) < 4.78 is 2.29. The Balaban J connectivity index is 1.66. The molecule has 7 heteroatoms. The van der Waals surface area contributed by atoms with E-state index >= 15 is 0 Å². The van der Waals surface area contributed by atoms with E-state index in [9.17, 15) is 0 Å². The Bertz CT molecular complexity index is 674. The van der Waals surface area contributed by atoms with Crippen molar-refractivity contribution in [1.82, 2.24) is 25.2 Å². The van der Waals surface area contributed by atoms with Gasteiger partial charge in [0, 0.05) is 24.0 Å². The van der Waals surface area contributed by atoms with Crippen molar-refractivity contribution in [2.45, 2.75) is 38.0 Å². The highest BCUT2D eigenvalue weighted by molar-refractivity contribution is 8.00. The van der Waals surface area contributed by atoms with Crippen molar-refractivity contribution in [2.75, 3.05) is 18.8 Å². The van der Waals surface area contributed by atoms with Crippen LogP contribution in [0.5, 0.6) is 0 Å². The van der Waals surface area contributed by atoms with Crippen LogP contribution in [0.4, 0.5) is 0 Å². The lowest BCUT2D eigenvalue weighted by Crippen LogP contribution is -2.43. The van der Waals surface area contributed by atoms with Crippen LogP contribution in [-0.4, -0.2) is 44.1 Å². The molecule has 2 N–H and O–H groups in total. The van der Waals surface area contributed by atoms with Gasteiger partial charge in [0.05, 0.1) is 0 Å². The first-order valence-electron chi connectivity index (χ1n) is 8.15. The third kappa shape index (κ3) is 3.96. The summed E-state index contributed by atoms with van der Waals surface area (Å²) in [6, 6.07) is 5.88. The minimum atomic E-state index is 0.317. The summed E-state index contributed by atoms with van der Waals surface area (Å²) >= 11 is 2.05. The van der Waals surface area contributed by atoms with Crippen molar-refractivity contribution in [2.24, 2.45) is 4.99 Å². The van der Waals surface area contributed by atoms with Gasteiger partial charge in [-0.05, 0) is 44.6 Å². The minimum absolute atomic E-state index is 0.317. The molecule has 23 heavy (non-hydrogen) atoms. The third-order valence-electron chi connectivity index (χ3n) is 4.04. The molecule has 0 amide bonds. The Morgan fingerprint density at radius 3 is 3.09 bits per heavy atom. The van der Waals surface area contributed by atoms with Crippen LogP contribution in [0.3, 0.4) is 0 Å². The molecule has 1 unspecified atom stereocenters. The monoisotopic (exact) mass is 332 g/mol. The molecule has 0 aromatic carbocycles. The summed E-state index contributed by atoms with van der Waals surface area (Å²) in [5, 5.41) is 15.2. The average molecular weight is 332 g/mol. The number of guanidine groups is 1. The van der Waals surface area contributed by atoms with E-state index in [0.717, 1.165) is 30.5 Å². The molecule has 2 aromatic heterocycles. The van der Waals surface area contributed by atoms with Gasteiger partial charge in [-0.25, -0.2) is 4.99 Å². The Labute approximate surface area is 141 Å². The zero-order chi connectivity index (χ0) is 16.1. The lowest BCUT2D eigenvalue weighted by molar-refractivity contribution is 0.584. The van der Waals surface area contributed by atoms with Crippen molar-refractivity contribution in [3.05, 3.63) is 30.2 Å². The van der Waals surface area contributed by atoms with Crippen LogP contribution in [0.1, 0.15) is 32.5 Å². The predicted octanol–water partition coefficient (Wildman–Crippen LogP) is 2.07. The number of thioether (sulfide) groups is 1. The number of hydrogen-bond donors (Lipinski definition) is 2. The van der Waals surface area contributed by atoms with Crippen molar-refractivity contribution >= 4 is 23.4 Å². The normalized spacial score (nSPS) is 21.7. The molecule has 1 aliphatic rings. The molecule has 1 saturated heterocycles. The molecule has 6 nitrogen and oxygen atoms in total. The van der Waals surface area contributed by atoms with Crippen molar-refractivity contribution < 1.29 is 0 Å². The second kappa shape index (κ2) is 7.21. The van der Waals surface area contributed by atoms with Gasteiger partial charge >= 0.3 is 0 Å². The highest BCUT2D eigenvalue weighted by Crippen LogP contribution is 2.36. The van der Waals surface area contributed by atoms with Crippen molar-refractivity contribution in [3.63, 3.8) is 0 Å². The minimum Gasteiger partial charge on any atom is -0.357 e. The largest absolute Gasteiger partial charge is 0.357 e. The number of rotatable bonds is 5. The zero-order valence-corrected chi connectivity index (χ0v) is 14.6. The summed E-state index contributed by atoms with van der Waals surface area (Å²) in [7, 11) is 0. The maximum atomic E-state index is 4.66. The summed E-state index contributed by atoms with van der Waals surface area (Å²) in [4.78, 5) is 4.66. The van der Waals surface area contributed by atoms with E-state index in [1.54, 1.807) is 0 Å². The molecule has 0 saturated carbocycles. The lowest BCUT2D eigenvalue weighted by atomic mass is 10.1. The summed E-state index contributed by atoms with van der Waals surface area (Å²) in [5.74, 6) is 2.95. The van der Waals surface area contributed by atoms with Crippen LogP contribution in [-0.2, 0) is 6.54 Å². The Morgan fingerprint density at radius 2 is 2.30 bits per heavy atom. The van der Waals surface area contributed by atoms with E-state index in [0.29, 0.717) is 11.3 Å². The molecule has 124 valence electrons. The van der Waals surface area contributed by atoms with Gasteiger partial charge in [-0.3, -0.25) is 4.40 Å². The number of aliphatic imine (C=N–C) groups is 1. The van der Waals surface area contributed by atoms with Gasteiger partial charge in [-0.1, -0.05) is 6.07 Å². The molecule has 1 fully saturated rings.